The van der Waals surface area contributed by atoms with Gasteiger partial charge in [-0.15, -0.1) is 24.0 Å². The summed E-state index contributed by atoms with van der Waals surface area (Å²) in [6.45, 7) is 7.37. The number of aryl methyl sites for hydroxylation is 1. The number of nitrogens with one attached hydrogen (secondary N) is 2. The van der Waals surface area contributed by atoms with Gasteiger partial charge in [-0.2, -0.15) is 0 Å². The SMILES string of the molecule is CCNC(=NCc1cc(C)on1)NCC(C)c1ccc(F)c(F)c1.I. The van der Waals surface area contributed by atoms with Gasteiger partial charge in [0.1, 0.15) is 11.5 Å². The molecule has 0 aliphatic carbocycles. The summed E-state index contributed by atoms with van der Waals surface area (Å²) in [4.78, 5) is 4.43. The van der Waals surface area contributed by atoms with Crippen molar-refractivity contribution in [2.24, 2.45) is 4.99 Å². The molecule has 138 valence electrons. The van der Waals surface area contributed by atoms with Crippen molar-refractivity contribution in [2.45, 2.75) is 33.2 Å². The number of hydrogen-bond acceptors (Lipinski definition) is 3. The Hall–Kier alpha value is -1.71. The number of halogens is 3. The standard InChI is InChI=1S/C17H22F2N4O.HI/c1-4-20-17(22-10-14-7-12(3)24-23-14)21-9-11(2)13-5-6-15(18)16(19)8-13;/h5-8,11H,4,9-10H2,1-3H3,(H2,20,21,22);1H. The molecule has 0 saturated heterocycles. The maximum absolute atomic E-state index is 13.3. The van der Waals surface area contributed by atoms with E-state index >= 15 is 0 Å². The molecule has 1 aromatic heterocycles. The maximum atomic E-state index is 13.3. The fourth-order valence-corrected chi connectivity index (χ4v) is 2.18. The Bertz CT molecular complexity index is 706. The average molecular weight is 464 g/mol. The molecule has 2 aromatic rings. The Morgan fingerprint density at radius 3 is 2.60 bits per heavy atom. The fourth-order valence-electron chi connectivity index (χ4n) is 2.18. The molecule has 1 atom stereocenters. The van der Waals surface area contributed by atoms with Crippen molar-refractivity contribution in [3.05, 3.63) is 52.9 Å². The Balaban J connectivity index is 0.00000312. The molecule has 0 spiro atoms. The van der Waals surface area contributed by atoms with Crippen LogP contribution < -0.4 is 10.6 Å². The van der Waals surface area contributed by atoms with Crippen LogP contribution >= 0.6 is 24.0 Å². The van der Waals surface area contributed by atoms with E-state index in [-0.39, 0.29) is 29.9 Å². The lowest BCUT2D eigenvalue weighted by atomic mass is 10.0. The predicted octanol–water partition coefficient (Wildman–Crippen LogP) is 3.74. The van der Waals surface area contributed by atoms with Crippen molar-refractivity contribution in [1.29, 1.82) is 0 Å². The van der Waals surface area contributed by atoms with Crippen LogP contribution in [0, 0.1) is 18.6 Å². The van der Waals surface area contributed by atoms with Gasteiger partial charge in [0.2, 0.25) is 0 Å². The number of benzene rings is 1. The zero-order valence-electron chi connectivity index (χ0n) is 14.5. The minimum absolute atomic E-state index is 0. The van der Waals surface area contributed by atoms with Crippen molar-refractivity contribution in [3.8, 4) is 0 Å². The van der Waals surface area contributed by atoms with Crippen molar-refractivity contribution < 1.29 is 13.3 Å². The molecular formula is C17H23F2IN4O. The van der Waals surface area contributed by atoms with Gasteiger partial charge in [-0.05, 0) is 37.5 Å². The van der Waals surface area contributed by atoms with Gasteiger partial charge in [-0.25, -0.2) is 13.8 Å². The molecule has 1 aromatic carbocycles. The van der Waals surface area contributed by atoms with Crippen LogP contribution in [-0.4, -0.2) is 24.2 Å². The van der Waals surface area contributed by atoms with Gasteiger partial charge in [0.25, 0.3) is 0 Å². The van der Waals surface area contributed by atoms with Crippen molar-refractivity contribution in [2.75, 3.05) is 13.1 Å². The Kier molecular flexibility index (Phi) is 8.81. The molecule has 2 N–H and O–H groups in total. The summed E-state index contributed by atoms with van der Waals surface area (Å²) >= 11 is 0. The smallest absolute Gasteiger partial charge is 0.191 e. The van der Waals surface area contributed by atoms with E-state index in [4.69, 9.17) is 4.52 Å². The summed E-state index contributed by atoms with van der Waals surface area (Å²) in [6.07, 6.45) is 0. The van der Waals surface area contributed by atoms with Crippen molar-refractivity contribution >= 4 is 29.9 Å². The summed E-state index contributed by atoms with van der Waals surface area (Å²) in [5, 5.41) is 10.2. The van der Waals surface area contributed by atoms with Gasteiger partial charge in [-0.1, -0.05) is 18.1 Å². The maximum Gasteiger partial charge on any atom is 0.191 e. The highest BCUT2D eigenvalue weighted by Gasteiger charge is 2.10. The first kappa shape index (κ1) is 21.3. The molecule has 0 amide bonds. The molecule has 1 heterocycles. The molecule has 8 heteroatoms. The fraction of sp³-hybridized carbons (Fsp3) is 0.412. The highest BCUT2D eigenvalue weighted by atomic mass is 127. The Morgan fingerprint density at radius 1 is 1.24 bits per heavy atom. The van der Waals surface area contributed by atoms with Gasteiger partial charge >= 0.3 is 0 Å². The normalized spacial score (nSPS) is 12.4. The molecule has 0 aliphatic rings. The third-order valence-corrected chi connectivity index (χ3v) is 3.51. The molecule has 25 heavy (non-hydrogen) atoms. The average Bonchev–Trinajstić information content (AvgIpc) is 2.98. The van der Waals surface area contributed by atoms with E-state index in [1.165, 1.54) is 6.07 Å². The number of aliphatic imine (C=N–C) groups is 1. The minimum Gasteiger partial charge on any atom is -0.361 e. The number of aromatic nitrogens is 1. The van der Waals surface area contributed by atoms with Gasteiger partial charge in [0.05, 0.1) is 6.54 Å². The van der Waals surface area contributed by atoms with E-state index in [1.54, 1.807) is 6.07 Å². The van der Waals surface area contributed by atoms with Crippen LogP contribution in [0.25, 0.3) is 0 Å². The zero-order valence-corrected chi connectivity index (χ0v) is 16.8. The Morgan fingerprint density at radius 2 is 2.00 bits per heavy atom. The first-order chi connectivity index (χ1) is 11.5. The second-order valence-corrected chi connectivity index (χ2v) is 5.58. The lowest BCUT2D eigenvalue weighted by molar-refractivity contribution is 0.391. The molecular weight excluding hydrogens is 441 g/mol. The molecule has 1 unspecified atom stereocenters. The van der Waals surface area contributed by atoms with Crippen molar-refractivity contribution in [1.82, 2.24) is 15.8 Å². The largest absolute Gasteiger partial charge is 0.361 e. The summed E-state index contributed by atoms with van der Waals surface area (Å²) < 4.78 is 31.3. The van der Waals surface area contributed by atoms with Crippen LogP contribution in [0.3, 0.4) is 0 Å². The van der Waals surface area contributed by atoms with E-state index in [0.29, 0.717) is 25.6 Å². The summed E-state index contributed by atoms with van der Waals surface area (Å²) in [5.74, 6) is -0.297. The first-order valence-corrected chi connectivity index (χ1v) is 7.89. The van der Waals surface area contributed by atoms with Gasteiger partial charge in [-0.3, -0.25) is 0 Å². The Labute approximate surface area is 163 Å². The predicted molar refractivity (Wildman–Crippen MR) is 104 cm³/mol. The third kappa shape index (κ3) is 6.60. The lowest BCUT2D eigenvalue weighted by Crippen LogP contribution is -2.39. The summed E-state index contributed by atoms with van der Waals surface area (Å²) in [5.41, 5.74) is 1.47. The molecule has 0 radical (unpaired) electrons. The van der Waals surface area contributed by atoms with Crippen molar-refractivity contribution in [3.63, 3.8) is 0 Å². The van der Waals surface area contributed by atoms with Gasteiger partial charge in [0, 0.05) is 19.2 Å². The first-order valence-electron chi connectivity index (χ1n) is 7.89. The molecule has 0 bridgehead atoms. The number of hydrogen-bond donors (Lipinski definition) is 2. The van der Waals surface area contributed by atoms with E-state index in [2.05, 4.69) is 20.8 Å². The second kappa shape index (κ2) is 10.3. The number of guanidine groups is 1. The van der Waals surface area contributed by atoms with Crippen LogP contribution in [-0.2, 0) is 6.54 Å². The third-order valence-electron chi connectivity index (χ3n) is 3.51. The quantitative estimate of drug-likeness (QED) is 0.389. The van der Waals surface area contributed by atoms with Crippen LogP contribution in [0.2, 0.25) is 0 Å². The van der Waals surface area contributed by atoms with Gasteiger partial charge in [0.15, 0.2) is 17.6 Å². The van der Waals surface area contributed by atoms with Gasteiger partial charge < -0.3 is 15.2 Å². The summed E-state index contributed by atoms with van der Waals surface area (Å²) in [6, 6.07) is 5.79. The monoisotopic (exact) mass is 464 g/mol. The van der Waals surface area contributed by atoms with Crippen LogP contribution in [0.1, 0.15) is 36.8 Å². The molecule has 2 rings (SSSR count). The molecule has 0 aliphatic heterocycles. The lowest BCUT2D eigenvalue weighted by Gasteiger charge is -2.16. The second-order valence-electron chi connectivity index (χ2n) is 5.58. The number of nitrogens with zero attached hydrogens (tertiary/aromatic N) is 2. The topological polar surface area (TPSA) is 62.5 Å². The van der Waals surface area contributed by atoms with Crippen LogP contribution in [0.5, 0.6) is 0 Å². The molecule has 0 fully saturated rings. The molecule has 5 nitrogen and oxygen atoms in total. The summed E-state index contributed by atoms with van der Waals surface area (Å²) in [7, 11) is 0. The van der Waals surface area contributed by atoms with E-state index in [0.717, 1.165) is 23.1 Å². The van der Waals surface area contributed by atoms with Crippen LogP contribution in [0.4, 0.5) is 8.78 Å². The van der Waals surface area contributed by atoms with E-state index < -0.39 is 11.6 Å². The van der Waals surface area contributed by atoms with Crippen LogP contribution in [0.15, 0.2) is 33.8 Å². The van der Waals surface area contributed by atoms with E-state index in [1.807, 2.05) is 26.8 Å². The number of rotatable bonds is 6. The van der Waals surface area contributed by atoms with E-state index in [9.17, 15) is 8.78 Å². The highest BCUT2D eigenvalue weighted by Crippen LogP contribution is 2.17. The zero-order chi connectivity index (χ0) is 17.5. The minimum atomic E-state index is -0.836. The molecule has 0 saturated carbocycles. The highest BCUT2D eigenvalue weighted by molar-refractivity contribution is 14.0.